The predicted octanol–water partition coefficient (Wildman–Crippen LogP) is 4.16. The maximum atomic E-state index is 12.7. The van der Waals surface area contributed by atoms with Crippen LogP contribution in [0, 0.1) is 0 Å². The van der Waals surface area contributed by atoms with Gasteiger partial charge in [0.15, 0.2) is 0 Å². The van der Waals surface area contributed by atoms with Crippen molar-refractivity contribution < 1.29 is 0 Å². The van der Waals surface area contributed by atoms with Gasteiger partial charge in [0.05, 0.1) is 11.0 Å². The number of allylic oxidation sites excluding steroid dienone is 1. The van der Waals surface area contributed by atoms with Crippen LogP contribution in [0.3, 0.4) is 0 Å². The molecule has 0 amide bonds. The van der Waals surface area contributed by atoms with Gasteiger partial charge in [-0.15, -0.1) is 0 Å². The second-order valence-corrected chi connectivity index (χ2v) is 8.50. The summed E-state index contributed by atoms with van der Waals surface area (Å²) in [6.07, 6.45) is 16.3. The van der Waals surface area contributed by atoms with Crippen molar-refractivity contribution in [3.63, 3.8) is 0 Å². The van der Waals surface area contributed by atoms with E-state index >= 15 is 0 Å². The minimum absolute atomic E-state index is 0.0744. The number of rotatable bonds is 4. The zero-order valence-corrected chi connectivity index (χ0v) is 17.4. The third-order valence-corrected chi connectivity index (χ3v) is 6.43. The molecule has 2 unspecified atom stereocenters. The van der Waals surface area contributed by atoms with Gasteiger partial charge >= 0.3 is 11.1 Å². The molecule has 1 aromatic heterocycles. The quantitative estimate of drug-likeness (QED) is 0.627. The van der Waals surface area contributed by atoms with Crippen LogP contribution < -0.4 is 11.1 Å². The molecule has 4 rings (SSSR count). The summed E-state index contributed by atoms with van der Waals surface area (Å²) in [5.41, 5.74) is 0.477. The van der Waals surface area contributed by atoms with E-state index in [2.05, 4.69) is 48.0 Å². The van der Waals surface area contributed by atoms with E-state index < -0.39 is 11.1 Å². The van der Waals surface area contributed by atoms with Gasteiger partial charge in [-0.2, -0.15) is 0 Å². The predicted molar refractivity (Wildman–Crippen MR) is 118 cm³/mol. The van der Waals surface area contributed by atoms with Gasteiger partial charge in [0, 0.05) is 24.2 Å². The topological polar surface area (TPSA) is 58.1 Å². The lowest BCUT2D eigenvalue weighted by molar-refractivity contribution is 0.151. The Morgan fingerprint density at radius 1 is 1.10 bits per heavy atom. The SMILES string of the molecule is CC1C=C[C@@H](C[C@H](C)n2c(=O)c(=O)[nH]c3ccccc32)N1C1/C=C\CCCCC1. The summed E-state index contributed by atoms with van der Waals surface area (Å²) in [5.74, 6) is 0. The molecular formula is C24H31N3O2. The number of nitrogens with one attached hydrogen (secondary N) is 1. The highest BCUT2D eigenvalue weighted by atomic mass is 16.2. The average molecular weight is 394 g/mol. The van der Waals surface area contributed by atoms with Crippen molar-refractivity contribution >= 4 is 11.0 Å². The molecule has 0 bridgehead atoms. The first-order valence-corrected chi connectivity index (χ1v) is 10.9. The van der Waals surface area contributed by atoms with E-state index in [-0.39, 0.29) is 12.1 Å². The highest BCUT2D eigenvalue weighted by Gasteiger charge is 2.32. The van der Waals surface area contributed by atoms with Crippen LogP contribution in [-0.4, -0.2) is 32.6 Å². The van der Waals surface area contributed by atoms with E-state index in [1.165, 1.54) is 32.1 Å². The zero-order chi connectivity index (χ0) is 20.4. The van der Waals surface area contributed by atoms with Gasteiger partial charge in [0.25, 0.3) is 0 Å². The van der Waals surface area contributed by atoms with E-state index in [1.807, 2.05) is 24.3 Å². The molecule has 2 aromatic rings. The van der Waals surface area contributed by atoms with E-state index in [4.69, 9.17) is 0 Å². The molecular weight excluding hydrogens is 362 g/mol. The number of aromatic nitrogens is 2. The highest BCUT2D eigenvalue weighted by molar-refractivity contribution is 5.74. The van der Waals surface area contributed by atoms with Crippen molar-refractivity contribution in [3.8, 4) is 0 Å². The lowest BCUT2D eigenvalue weighted by Crippen LogP contribution is -2.45. The van der Waals surface area contributed by atoms with E-state index in [0.717, 1.165) is 11.9 Å². The minimum Gasteiger partial charge on any atom is -0.316 e. The van der Waals surface area contributed by atoms with Crippen LogP contribution in [0.5, 0.6) is 0 Å². The van der Waals surface area contributed by atoms with Crippen LogP contribution in [0.15, 0.2) is 58.2 Å². The minimum atomic E-state index is -0.550. The van der Waals surface area contributed by atoms with Crippen molar-refractivity contribution in [1.29, 1.82) is 0 Å². The largest absolute Gasteiger partial charge is 0.316 e. The van der Waals surface area contributed by atoms with Crippen LogP contribution in [0.4, 0.5) is 0 Å². The molecule has 29 heavy (non-hydrogen) atoms. The summed E-state index contributed by atoms with van der Waals surface area (Å²) < 4.78 is 1.68. The van der Waals surface area contributed by atoms with Crippen LogP contribution in [0.2, 0.25) is 0 Å². The van der Waals surface area contributed by atoms with Crippen molar-refractivity contribution in [2.75, 3.05) is 0 Å². The smallest absolute Gasteiger partial charge is 0.316 e. The summed E-state index contributed by atoms with van der Waals surface area (Å²) in [4.78, 5) is 30.2. The third kappa shape index (κ3) is 4.01. The molecule has 154 valence electrons. The maximum absolute atomic E-state index is 12.7. The molecule has 1 aromatic carbocycles. The van der Waals surface area contributed by atoms with Gasteiger partial charge in [0.1, 0.15) is 0 Å². The lowest BCUT2D eigenvalue weighted by atomic mass is 9.98. The van der Waals surface area contributed by atoms with Crippen LogP contribution in [-0.2, 0) is 0 Å². The van der Waals surface area contributed by atoms with Gasteiger partial charge in [-0.25, -0.2) is 0 Å². The summed E-state index contributed by atoms with van der Waals surface area (Å²) in [7, 11) is 0. The van der Waals surface area contributed by atoms with Gasteiger partial charge in [-0.3, -0.25) is 19.1 Å². The third-order valence-electron chi connectivity index (χ3n) is 6.43. The first-order chi connectivity index (χ1) is 14.1. The van der Waals surface area contributed by atoms with Crippen LogP contribution in [0.25, 0.3) is 11.0 Å². The number of nitrogens with zero attached hydrogens (tertiary/aromatic N) is 2. The normalized spacial score (nSPS) is 27.6. The molecule has 1 N–H and O–H groups in total. The highest BCUT2D eigenvalue weighted by Crippen LogP contribution is 2.30. The van der Waals surface area contributed by atoms with Gasteiger partial charge < -0.3 is 4.98 Å². The molecule has 2 aliphatic rings. The Kier molecular flexibility index (Phi) is 5.86. The van der Waals surface area contributed by atoms with Gasteiger partial charge in [-0.05, 0) is 51.7 Å². The number of fused-ring (bicyclic) bond motifs is 1. The number of para-hydroxylation sites is 2. The summed E-state index contributed by atoms with van der Waals surface area (Å²) in [5, 5.41) is 0. The van der Waals surface area contributed by atoms with Crippen LogP contribution >= 0.6 is 0 Å². The van der Waals surface area contributed by atoms with Crippen molar-refractivity contribution in [1.82, 2.24) is 14.5 Å². The fourth-order valence-electron chi connectivity index (χ4n) is 5.01. The Morgan fingerprint density at radius 2 is 1.93 bits per heavy atom. The van der Waals surface area contributed by atoms with Crippen molar-refractivity contribution in [3.05, 3.63) is 69.3 Å². The molecule has 1 aliphatic heterocycles. The van der Waals surface area contributed by atoms with Gasteiger partial charge in [0.2, 0.25) is 0 Å². The molecule has 0 fully saturated rings. The number of benzene rings is 1. The summed E-state index contributed by atoms with van der Waals surface area (Å²) in [6.45, 7) is 4.30. The van der Waals surface area contributed by atoms with E-state index in [9.17, 15) is 9.59 Å². The van der Waals surface area contributed by atoms with E-state index in [0.29, 0.717) is 17.6 Å². The van der Waals surface area contributed by atoms with Crippen molar-refractivity contribution in [2.24, 2.45) is 0 Å². The summed E-state index contributed by atoms with van der Waals surface area (Å²) >= 11 is 0. The first kappa shape index (κ1) is 19.9. The number of hydrogen-bond acceptors (Lipinski definition) is 3. The van der Waals surface area contributed by atoms with E-state index in [1.54, 1.807) is 4.57 Å². The Balaban J connectivity index is 1.63. The Labute approximate surface area is 171 Å². The molecule has 0 saturated carbocycles. The Morgan fingerprint density at radius 3 is 2.79 bits per heavy atom. The number of H-pyrrole nitrogens is 1. The molecule has 5 heteroatoms. The fourth-order valence-corrected chi connectivity index (χ4v) is 5.01. The molecule has 4 atom stereocenters. The van der Waals surface area contributed by atoms with Crippen LogP contribution in [0.1, 0.15) is 58.4 Å². The molecule has 0 radical (unpaired) electrons. The molecule has 5 nitrogen and oxygen atoms in total. The fraction of sp³-hybridized carbons (Fsp3) is 0.500. The average Bonchev–Trinajstić information content (AvgIpc) is 3.03. The second-order valence-electron chi connectivity index (χ2n) is 8.50. The second kappa shape index (κ2) is 8.54. The number of hydrogen-bond donors (Lipinski definition) is 1. The Bertz CT molecular complexity index is 1030. The summed E-state index contributed by atoms with van der Waals surface area (Å²) in [6, 6.07) is 8.55. The maximum Gasteiger partial charge on any atom is 0.316 e. The lowest BCUT2D eigenvalue weighted by Gasteiger charge is -2.37. The Hall–Kier alpha value is -2.40. The molecule has 0 saturated heterocycles. The molecule has 0 spiro atoms. The molecule has 1 aliphatic carbocycles. The number of aromatic amines is 1. The standard InChI is InChI=1S/C24H31N3O2/c1-17-14-15-20(26(17)19-10-6-4-3-5-7-11-19)16-18(2)27-22-13-9-8-12-21(22)25-23(28)24(27)29/h6,8-10,12-15,17-20H,3-5,7,11,16H2,1-2H3,(H,25,28)/b10-6-/t17?,18-,19?,20-/m0/s1. The molecule has 2 heterocycles. The van der Waals surface area contributed by atoms with Gasteiger partial charge in [-0.1, -0.05) is 49.3 Å². The monoisotopic (exact) mass is 393 g/mol. The zero-order valence-electron chi connectivity index (χ0n) is 17.4. The van der Waals surface area contributed by atoms with Crippen molar-refractivity contribution in [2.45, 2.75) is 76.5 Å². The first-order valence-electron chi connectivity index (χ1n) is 10.9.